The number of amides is 2. The van der Waals surface area contributed by atoms with Crippen molar-refractivity contribution >= 4 is 46.8 Å². The van der Waals surface area contributed by atoms with Crippen molar-refractivity contribution in [1.29, 1.82) is 0 Å². The zero-order chi connectivity index (χ0) is 19.3. The quantitative estimate of drug-likeness (QED) is 0.833. The zero-order valence-corrected chi connectivity index (χ0v) is 15.3. The maximum absolute atomic E-state index is 12.0. The summed E-state index contributed by atoms with van der Waals surface area (Å²) in [6, 6.07) is 15.6. The molecule has 0 saturated heterocycles. The second-order valence-corrected chi connectivity index (χ2v) is 6.81. The van der Waals surface area contributed by atoms with Crippen LogP contribution in [0.25, 0.3) is 0 Å². The van der Waals surface area contributed by atoms with Crippen LogP contribution in [0.3, 0.4) is 0 Å². The fraction of sp³-hybridized carbons (Fsp3) is 0.105. The summed E-state index contributed by atoms with van der Waals surface area (Å²) in [5.74, 6) is 1.23. The fourth-order valence-electron chi connectivity index (χ4n) is 2.57. The number of thioether (sulfide) groups is 1. The highest BCUT2D eigenvalue weighted by Gasteiger charge is 2.31. The molecule has 8 nitrogen and oxygen atoms in total. The Balaban J connectivity index is 1.35. The minimum atomic E-state index is -0.659. The molecule has 0 radical (unpaired) electrons. The summed E-state index contributed by atoms with van der Waals surface area (Å²) in [5, 5.41) is 5.73. The maximum Gasteiger partial charge on any atom is 0.417 e. The third-order valence-corrected chi connectivity index (χ3v) is 4.77. The van der Waals surface area contributed by atoms with Crippen LogP contribution in [0, 0.1) is 0 Å². The number of hydrogen-bond donors (Lipinski definition) is 2. The lowest BCUT2D eigenvalue weighted by molar-refractivity contribution is -0.119. The van der Waals surface area contributed by atoms with E-state index in [4.69, 9.17) is 4.74 Å². The number of fused-ring (bicyclic) bond motifs is 1. The van der Waals surface area contributed by atoms with Gasteiger partial charge in [-0.3, -0.25) is 10.1 Å². The fourth-order valence-corrected chi connectivity index (χ4v) is 3.38. The third kappa shape index (κ3) is 4.26. The Hall–Kier alpha value is -3.46. The topological polar surface area (TPSA) is 105 Å². The largest absolute Gasteiger partial charge is 0.417 e. The Kier molecular flexibility index (Phi) is 5.16. The number of carbonyl (C=O) groups is 2. The number of ether oxygens (including phenoxy) is 1. The second-order valence-electron chi connectivity index (χ2n) is 5.87. The molecule has 28 heavy (non-hydrogen) atoms. The van der Waals surface area contributed by atoms with E-state index < -0.39 is 12.1 Å². The van der Waals surface area contributed by atoms with Crippen LogP contribution in [-0.2, 0) is 10.5 Å². The van der Waals surface area contributed by atoms with Gasteiger partial charge in [-0.2, -0.15) is 0 Å². The molecule has 9 heteroatoms. The number of anilines is 1. The molecule has 1 atom stereocenters. The summed E-state index contributed by atoms with van der Waals surface area (Å²) in [4.78, 5) is 36.3. The predicted octanol–water partition coefficient (Wildman–Crippen LogP) is 2.83. The lowest BCUT2D eigenvalue weighted by Gasteiger charge is -2.09. The van der Waals surface area contributed by atoms with Crippen molar-refractivity contribution in [2.24, 2.45) is 15.0 Å². The van der Waals surface area contributed by atoms with Gasteiger partial charge in [0.25, 0.3) is 5.91 Å². The molecule has 4 rings (SSSR count). The molecule has 2 aliphatic heterocycles. The van der Waals surface area contributed by atoms with Crippen LogP contribution >= 0.6 is 11.8 Å². The van der Waals surface area contributed by atoms with Crippen molar-refractivity contribution in [2.75, 3.05) is 5.32 Å². The molecule has 2 heterocycles. The molecule has 2 aliphatic rings. The van der Waals surface area contributed by atoms with E-state index in [-0.39, 0.29) is 5.91 Å². The molecule has 0 saturated carbocycles. The Labute approximate surface area is 164 Å². The summed E-state index contributed by atoms with van der Waals surface area (Å²) in [6.45, 7) is 0. The molecule has 0 aliphatic carbocycles. The average Bonchev–Trinajstić information content (AvgIpc) is 3.12. The molecule has 1 unspecified atom stereocenters. The first kappa shape index (κ1) is 17.9. The average molecular weight is 393 g/mol. The number of hydrogen-bond acceptors (Lipinski definition) is 7. The third-order valence-electron chi connectivity index (χ3n) is 3.84. The number of carbonyl (C=O) groups excluding carboxylic acids is 2. The SMILES string of the molecule is O=C(Nc1cccc(CSC2=NC3C(=O)NC=NC3=N2)c1)Oc1ccccc1. The number of benzene rings is 2. The number of rotatable bonds is 4. The normalized spacial score (nSPS) is 17.3. The smallest absolute Gasteiger partial charge is 0.410 e. The molecule has 0 fully saturated rings. The van der Waals surface area contributed by atoms with Crippen molar-refractivity contribution in [3.63, 3.8) is 0 Å². The predicted molar refractivity (Wildman–Crippen MR) is 109 cm³/mol. The Bertz CT molecular complexity index is 1000. The number of nitrogens with one attached hydrogen (secondary N) is 2. The van der Waals surface area contributed by atoms with E-state index in [1.54, 1.807) is 30.3 Å². The van der Waals surface area contributed by atoms with Crippen LogP contribution in [-0.4, -0.2) is 35.4 Å². The minimum Gasteiger partial charge on any atom is -0.410 e. The Morgan fingerprint density at radius 2 is 2.04 bits per heavy atom. The highest BCUT2D eigenvalue weighted by molar-refractivity contribution is 8.13. The van der Waals surface area contributed by atoms with Gasteiger partial charge < -0.3 is 10.1 Å². The van der Waals surface area contributed by atoms with E-state index in [0.29, 0.717) is 28.2 Å². The van der Waals surface area contributed by atoms with Gasteiger partial charge in [0.15, 0.2) is 17.0 Å². The molecular weight excluding hydrogens is 378 g/mol. The highest BCUT2D eigenvalue weighted by Crippen LogP contribution is 2.23. The van der Waals surface area contributed by atoms with Crippen LogP contribution in [0.15, 0.2) is 69.6 Å². The van der Waals surface area contributed by atoms with Crippen LogP contribution in [0.5, 0.6) is 5.75 Å². The summed E-state index contributed by atoms with van der Waals surface area (Å²) in [7, 11) is 0. The number of para-hydroxylation sites is 1. The van der Waals surface area contributed by atoms with E-state index in [1.165, 1.54) is 18.1 Å². The molecule has 0 spiro atoms. The summed E-state index contributed by atoms with van der Waals surface area (Å²) < 4.78 is 5.22. The lowest BCUT2D eigenvalue weighted by Crippen LogP contribution is -2.40. The van der Waals surface area contributed by atoms with Crippen molar-refractivity contribution in [2.45, 2.75) is 11.8 Å². The Morgan fingerprint density at radius 3 is 2.86 bits per heavy atom. The molecule has 2 N–H and O–H groups in total. The monoisotopic (exact) mass is 393 g/mol. The van der Waals surface area contributed by atoms with Gasteiger partial charge in [-0.25, -0.2) is 19.8 Å². The standard InChI is InChI=1S/C19H15N5O3S/c25-17-15-16(20-11-21-17)24-18(23-15)28-10-12-5-4-6-13(9-12)22-19(26)27-14-7-2-1-3-8-14/h1-9,11,15H,10H2,(H,22,26)(H,20,21,23,24,25). The van der Waals surface area contributed by atoms with Crippen LogP contribution in [0.2, 0.25) is 0 Å². The minimum absolute atomic E-state index is 0.229. The van der Waals surface area contributed by atoms with Gasteiger partial charge >= 0.3 is 6.09 Å². The van der Waals surface area contributed by atoms with Crippen molar-refractivity contribution in [1.82, 2.24) is 5.32 Å². The molecule has 2 aromatic rings. The van der Waals surface area contributed by atoms with Gasteiger partial charge in [0.05, 0.1) is 6.34 Å². The molecule has 2 aromatic carbocycles. The van der Waals surface area contributed by atoms with Gasteiger partial charge in [-0.1, -0.05) is 42.1 Å². The first-order chi connectivity index (χ1) is 13.7. The van der Waals surface area contributed by atoms with Crippen LogP contribution in [0.1, 0.15) is 5.56 Å². The van der Waals surface area contributed by atoms with E-state index >= 15 is 0 Å². The molecule has 140 valence electrons. The summed E-state index contributed by atoms with van der Waals surface area (Å²) >= 11 is 1.40. The maximum atomic E-state index is 12.0. The van der Waals surface area contributed by atoms with Gasteiger partial charge in [-0.05, 0) is 29.8 Å². The zero-order valence-electron chi connectivity index (χ0n) is 14.5. The first-order valence-corrected chi connectivity index (χ1v) is 9.41. The van der Waals surface area contributed by atoms with Gasteiger partial charge in [0, 0.05) is 11.4 Å². The van der Waals surface area contributed by atoms with Gasteiger partial charge in [-0.15, -0.1) is 0 Å². The van der Waals surface area contributed by atoms with E-state index in [9.17, 15) is 9.59 Å². The summed E-state index contributed by atoms with van der Waals surface area (Å²) in [6.07, 6.45) is 0.764. The molecular formula is C19H15N5O3S. The van der Waals surface area contributed by atoms with Crippen LogP contribution in [0.4, 0.5) is 10.5 Å². The molecule has 0 bridgehead atoms. The number of nitrogens with zero attached hydrogens (tertiary/aromatic N) is 3. The first-order valence-electron chi connectivity index (χ1n) is 8.42. The number of amidine groups is 2. The van der Waals surface area contributed by atoms with Crippen LogP contribution < -0.4 is 15.4 Å². The van der Waals surface area contributed by atoms with Crippen molar-refractivity contribution in [3.8, 4) is 5.75 Å². The van der Waals surface area contributed by atoms with Gasteiger partial charge in [0.1, 0.15) is 5.75 Å². The van der Waals surface area contributed by atoms with Crippen molar-refractivity contribution in [3.05, 3.63) is 60.2 Å². The second kappa shape index (κ2) is 8.05. The van der Waals surface area contributed by atoms with E-state index in [2.05, 4.69) is 25.6 Å². The lowest BCUT2D eigenvalue weighted by atomic mass is 10.2. The van der Waals surface area contributed by atoms with Gasteiger partial charge in [0.2, 0.25) is 0 Å². The highest BCUT2D eigenvalue weighted by atomic mass is 32.2. The van der Waals surface area contributed by atoms with E-state index in [1.807, 2.05) is 24.3 Å². The van der Waals surface area contributed by atoms with Crippen molar-refractivity contribution < 1.29 is 14.3 Å². The molecule has 0 aromatic heterocycles. The summed E-state index contributed by atoms with van der Waals surface area (Å²) in [5.41, 5.74) is 1.59. The molecule has 2 amide bonds. The van der Waals surface area contributed by atoms with E-state index in [0.717, 1.165) is 5.56 Å². The Morgan fingerprint density at radius 1 is 1.18 bits per heavy atom. The number of aliphatic imine (C=N–C) groups is 3.